The molecular formula is C20H21ClN2O2. The van der Waals surface area contributed by atoms with Crippen LogP contribution in [0.4, 0.5) is 5.69 Å². The van der Waals surface area contributed by atoms with E-state index in [-0.39, 0.29) is 11.8 Å². The second-order valence-electron chi connectivity index (χ2n) is 6.28. The van der Waals surface area contributed by atoms with Gasteiger partial charge in [0, 0.05) is 29.4 Å². The summed E-state index contributed by atoms with van der Waals surface area (Å²) in [5.41, 5.74) is 2.21. The predicted molar refractivity (Wildman–Crippen MR) is 100.0 cm³/mol. The molecule has 1 aliphatic rings. The molecule has 0 atom stereocenters. The minimum absolute atomic E-state index is 0.178. The fraction of sp³-hybridized carbons (Fsp3) is 0.300. The lowest BCUT2D eigenvalue weighted by atomic mass is 10.1. The van der Waals surface area contributed by atoms with Crippen molar-refractivity contribution in [3.8, 4) is 0 Å². The topological polar surface area (TPSA) is 49.4 Å². The summed E-state index contributed by atoms with van der Waals surface area (Å²) in [6.45, 7) is 1.74. The number of anilines is 1. The van der Waals surface area contributed by atoms with Crippen LogP contribution >= 0.6 is 11.6 Å². The van der Waals surface area contributed by atoms with Crippen molar-refractivity contribution >= 4 is 29.1 Å². The molecule has 0 aliphatic carbocycles. The number of nitrogens with one attached hydrogen (secondary N) is 1. The molecule has 130 valence electrons. The highest BCUT2D eigenvalue weighted by Gasteiger charge is 2.16. The number of carbonyl (C=O) groups excluding carboxylic acids is 2. The number of benzene rings is 2. The highest BCUT2D eigenvalue weighted by molar-refractivity contribution is 6.30. The molecule has 2 amide bonds. The van der Waals surface area contributed by atoms with Crippen LogP contribution in [0.3, 0.4) is 0 Å². The van der Waals surface area contributed by atoms with E-state index in [9.17, 15) is 9.59 Å². The zero-order valence-corrected chi connectivity index (χ0v) is 14.8. The van der Waals surface area contributed by atoms with Crippen molar-refractivity contribution in [1.82, 2.24) is 4.90 Å². The molecule has 25 heavy (non-hydrogen) atoms. The SMILES string of the molecule is O=C(Nc1ccc(CC(=O)N2CCCCC2)cc1)c1ccc(Cl)cc1. The second kappa shape index (κ2) is 8.17. The Labute approximate surface area is 152 Å². The van der Waals surface area contributed by atoms with E-state index in [1.807, 2.05) is 29.2 Å². The molecule has 0 radical (unpaired) electrons. The quantitative estimate of drug-likeness (QED) is 0.894. The van der Waals surface area contributed by atoms with Gasteiger partial charge in [-0.3, -0.25) is 9.59 Å². The Morgan fingerprint density at radius 2 is 1.56 bits per heavy atom. The highest BCUT2D eigenvalue weighted by Crippen LogP contribution is 2.15. The number of hydrogen-bond donors (Lipinski definition) is 1. The summed E-state index contributed by atoms with van der Waals surface area (Å²) in [5, 5.41) is 3.44. The summed E-state index contributed by atoms with van der Waals surface area (Å²) in [5.74, 6) is -0.00791. The molecule has 1 fully saturated rings. The smallest absolute Gasteiger partial charge is 0.255 e. The van der Waals surface area contributed by atoms with Crippen LogP contribution in [0.15, 0.2) is 48.5 Å². The number of hydrogen-bond acceptors (Lipinski definition) is 2. The lowest BCUT2D eigenvalue weighted by molar-refractivity contribution is -0.131. The van der Waals surface area contributed by atoms with Crippen LogP contribution in [0, 0.1) is 0 Å². The lowest BCUT2D eigenvalue weighted by Crippen LogP contribution is -2.36. The predicted octanol–water partition coefficient (Wildman–Crippen LogP) is 4.15. The number of carbonyl (C=O) groups is 2. The van der Waals surface area contributed by atoms with Crippen molar-refractivity contribution in [3.05, 3.63) is 64.7 Å². The first-order chi connectivity index (χ1) is 12.1. The first-order valence-corrected chi connectivity index (χ1v) is 8.93. The molecule has 1 aliphatic heterocycles. The van der Waals surface area contributed by atoms with Crippen molar-refractivity contribution in [2.24, 2.45) is 0 Å². The van der Waals surface area contributed by atoms with Gasteiger partial charge in [0.25, 0.3) is 5.91 Å². The standard InChI is InChI=1S/C20H21ClN2O2/c21-17-8-6-16(7-9-17)20(25)22-18-10-4-15(5-11-18)14-19(24)23-12-2-1-3-13-23/h4-11H,1-3,12-14H2,(H,22,25). The number of amides is 2. The first-order valence-electron chi connectivity index (χ1n) is 8.55. The van der Waals surface area contributed by atoms with E-state index in [0.29, 0.717) is 22.7 Å². The Morgan fingerprint density at radius 1 is 0.920 bits per heavy atom. The maximum atomic E-state index is 12.3. The number of likely N-dealkylation sites (tertiary alicyclic amines) is 1. The Morgan fingerprint density at radius 3 is 2.20 bits per heavy atom. The minimum atomic E-state index is -0.186. The molecule has 1 saturated heterocycles. The monoisotopic (exact) mass is 356 g/mol. The van der Waals surface area contributed by atoms with Gasteiger partial charge in [0.2, 0.25) is 5.91 Å². The van der Waals surface area contributed by atoms with Crippen LogP contribution < -0.4 is 5.32 Å². The summed E-state index contributed by atoms with van der Waals surface area (Å²) in [4.78, 5) is 26.4. The van der Waals surface area contributed by atoms with Crippen molar-refractivity contribution in [2.75, 3.05) is 18.4 Å². The largest absolute Gasteiger partial charge is 0.342 e. The van der Waals surface area contributed by atoms with Crippen LogP contribution in [0.5, 0.6) is 0 Å². The fourth-order valence-electron chi connectivity index (χ4n) is 2.94. The molecule has 0 bridgehead atoms. The van der Waals surface area contributed by atoms with E-state index in [0.717, 1.165) is 31.5 Å². The van der Waals surface area contributed by atoms with Gasteiger partial charge in [-0.15, -0.1) is 0 Å². The summed E-state index contributed by atoms with van der Waals surface area (Å²) in [6.07, 6.45) is 3.82. The van der Waals surface area contributed by atoms with Gasteiger partial charge in [-0.25, -0.2) is 0 Å². The zero-order chi connectivity index (χ0) is 17.6. The molecule has 4 nitrogen and oxygen atoms in total. The van der Waals surface area contributed by atoms with E-state index in [2.05, 4.69) is 5.32 Å². The molecule has 1 heterocycles. The number of halogens is 1. The van der Waals surface area contributed by atoms with Gasteiger partial charge in [-0.05, 0) is 61.2 Å². The van der Waals surface area contributed by atoms with Crippen LogP contribution in [-0.4, -0.2) is 29.8 Å². The van der Waals surface area contributed by atoms with Crippen LogP contribution in [-0.2, 0) is 11.2 Å². The lowest BCUT2D eigenvalue weighted by Gasteiger charge is -2.26. The van der Waals surface area contributed by atoms with Gasteiger partial charge < -0.3 is 10.2 Å². The van der Waals surface area contributed by atoms with Crippen molar-refractivity contribution in [3.63, 3.8) is 0 Å². The van der Waals surface area contributed by atoms with Crippen molar-refractivity contribution < 1.29 is 9.59 Å². The first kappa shape index (κ1) is 17.5. The Balaban J connectivity index is 1.57. The molecule has 0 aromatic heterocycles. The normalized spacial score (nSPS) is 14.2. The van der Waals surface area contributed by atoms with Gasteiger partial charge in [-0.2, -0.15) is 0 Å². The molecule has 0 saturated carbocycles. The Kier molecular flexibility index (Phi) is 5.71. The van der Waals surface area contributed by atoms with E-state index < -0.39 is 0 Å². The van der Waals surface area contributed by atoms with E-state index in [4.69, 9.17) is 11.6 Å². The Hall–Kier alpha value is -2.33. The van der Waals surface area contributed by atoms with Gasteiger partial charge in [0.1, 0.15) is 0 Å². The third kappa shape index (κ3) is 4.83. The third-order valence-electron chi connectivity index (χ3n) is 4.38. The third-order valence-corrected chi connectivity index (χ3v) is 4.63. The minimum Gasteiger partial charge on any atom is -0.342 e. The summed E-state index contributed by atoms with van der Waals surface area (Å²) < 4.78 is 0. The van der Waals surface area contributed by atoms with E-state index >= 15 is 0 Å². The molecule has 0 unspecified atom stereocenters. The maximum absolute atomic E-state index is 12.3. The number of piperidine rings is 1. The summed E-state index contributed by atoms with van der Waals surface area (Å²) >= 11 is 5.83. The highest BCUT2D eigenvalue weighted by atomic mass is 35.5. The van der Waals surface area contributed by atoms with Crippen molar-refractivity contribution in [2.45, 2.75) is 25.7 Å². The van der Waals surface area contributed by atoms with E-state index in [1.54, 1.807) is 24.3 Å². The molecule has 0 spiro atoms. The maximum Gasteiger partial charge on any atom is 0.255 e. The van der Waals surface area contributed by atoms with Crippen molar-refractivity contribution in [1.29, 1.82) is 0 Å². The van der Waals surface area contributed by atoms with Crippen LogP contribution in [0.1, 0.15) is 35.2 Å². The van der Waals surface area contributed by atoms with Gasteiger partial charge in [0.05, 0.1) is 6.42 Å². The van der Waals surface area contributed by atoms with Gasteiger partial charge >= 0.3 is 0 Å². The molecule has 3 rings (SSSR count). The fourth-order valence-corrected chi connectivity index (χ4v) is 3.07. The average Bonchev–Trinajstić information content (AvgIpc) is 2.64. The van der Waals surface area contributed by atoms with Gasteiger partial charge in [-0.1, -0.05) is 23.7 Å². The number of nitrogens with zero attached hydrogens (tertiary/aromatic N) is 1. The molecular weight excluding hydrogens is 336 g/mol. The zero-order valence-electron chi connectivity index (χ0n) is 14.0. The van der Waals surface area contributed by atoms with Crippen LogP contribution in [0.2, 0.25) is 5.02 Å². The summed E-state index contributed by atoms with van der Waals surface area (Å²) in [7, 11) is 0. The Bertz CT molecular complexity index is 735. The summed E-state index contributed by atoms with van der Waals surface area (Å²) in [6, 6.07) is 14.2. The second-order valence-corrected chi connectivity index (χ2v) is 6.71. The average molecular weight is 357 g/mol. The molecule has 5 heteroatoms. The molecule has 1 N–H and O–H groups in total. The van der Waals surface area contributed by atoms with Gasteiger partial charge in [0.15, 0.2) is 0 Å². The molecule has 2 aromatic carbocycles. The molecule has 2 aromatic rings. The number of rotatable bonds is 4. The van der Waals surface area contributed by atoms with Crippen LogP contribution in [0.25, 0.3) is 0 Å². The van der Waals surface area contributed by atoms with E-state index in [1.165, 1.54) is 6.42 Å².